The van der Waals surface area contributed by atoms with E-state index in [4.69, 9.17) is 27.9 Å². The average Bonchev–Trinajstić information content (AvgIpc) is 2.69. The third kappa shape index (κ3) is 7.39. The number of aryl methyl sites for hydroxylation is 1. The molecule has 0 saturated heterocycles. The van der Waals surface area contributed by atoms with E-state index in [1.165, 1.54) is 4.90 Å². The number of benzene rings is 2. The largest absolute Gasteiger partial charge is 0.484 e. The van der Waals surface area contributed by atoms with Crippen molar-refractivity contribution in [2.24, 2.45) is 0 Å². The molecule has 32 heavy (non-hydrogen) atoms. The maximum absolute atomic E-state index is 13.3. The molecule has 0 heterocycles. The lowest BCUT2D eigenvalue weighted by atomic mass is 10.1. The number of hydrogen-bond donors (Lipinski definition) is 1. The molecule has 1 N–H and O–H groups in total. The van der Waals surface area contributed by atoms with Crippen molar-refractivity contribution in [2.45, 2.75) is 59.2 Å². The van der Waals surface area contributed by atoms with Crippen LogP contribution in [0.25, 0.3) is 0 Å². The summed E-state index contributed by atoms with van der Waals surface area (Å²) in [5.41, 5.74) is 1.14. The number of hydrogen-bond acceptors (Lipinski definition) is 3. The first-order chi connectivity index (χ1) is 14.9. The summed E-state index contributed by atoms with van der Waals surface area (Å²) in [4.78, 5) is 27.8. The predicted octanol–water partition coefficient (Wildman–Crippen LogP) is 6.17. The van der Waals surface area contributed by atoms with Crippen molar-refractivity contribution in [3.05, 3.63) is 62.0 Å². The Hall–Kier alpha value is -1.76. The molecular weight excluding hydrogens is 515 g/mol. The van der Waals surface area contributed by atoms with Crippen LogP contribution in [0.5, 0.6) is 5.75 Å². The van der Waals surface area contributed by atoms with Crippen LogP contribution in [0.3, 0.4) is 0 Å². The SMILES string of the molecule is CC[C@@H](C(=O)NC(C)(C)C)N(Cc1c(Cl)cccc1Cl)C(=O)COc1ccc(Br)c(C)c1. The van der Waals surface area contributed by atoms with Crippen LogP contribution < -0.4 is 10.1 Å². The molecule has 0 saturated carbocycles. The number of amides is 2. The molecular formula is C24H29BrCl2N2O3. The highest BCUT2D eigenvalue weighted by molar-refractivity contribution is 9.10. The second-order valence-corrected chi connectivity index (χ2v) is 10.3. The topological polar surface area (TPSA) is 58.6 Å². The van der Waals surface area contributed by atoms with Gasteiger partial charge in [0.25, 0.3) is 5.91 Å². The van der Waals surface area contributed by atoms with Gasteiger partial charge in [-0.3, -0.25) is 9.59 Å². The summed E-state index contributed by atoms with van der Waals surface area (Å²) in [5.74, 6) is -0.00422. The Kier molecular flexibility index (Phi) is 9.43. The molecule has 0 aliphatic heterocycles. The van der Waals surface area contributed by atoms with Crippen molar-refractivity contribution >= 4 is 50.9 Å². The molecule has 2 aromatic rings. The lowest BCUT2D eigenvalue weighted by Gasteiger charge is -2.33. The summed E-state index contributed by atoms with van der Waals surface area (Å²) in [5, 5.41) is 3.84. The van der Waals surface area contributed by atoms with Gasteiger partial charge in [0.2, 0.25) is 5.91 Å². The number of carbonyl (C=O) groups is 2. The normalized spacial score (nSPS) is 12.2. The molecule has 1 atom stereocenters. The number of rotatable bonds is 8. The van der Waals surface area contributed by atoms with Crippen LogP contribution in [-0.4, -0.2) is 34.9 Å². The van der Waals surface area contributed by atoms with Gasteiger partial charge in [0.1, 0.15) is 11.8 Å². The van der Waals surface area contributed by atoms with Crippen LogP contribution in [0.2, 0.25) is 10.0 Å². The van der Waals surface area contributed by atoms with E-state index in [1.54, 1.807) is 24.3 Å². The van der Waals surface area contributed by atoms with Gasteiger partial charge in [-0.25, -0.2) is 0 Å². The van der Waals surface area contributed by atoms with Gasteiger partial charge in [-0.1, -0.05) is 52.1 Å². The molecule has 0 radical (unpaired) electrons. The van der Waals surface area contributed by atoms with Gasteiger partial charge in [0.05, 0.1) is 0 Å². The summed E-state index contributed by atoms with van der Waals surface area (Å²) >= 11 is 16.2. The Labute approximate surface area is 208 Å². The molecule has 174 valence electrons. The highest BCUT2D eigenvalue weighted by Crippen LogP contribution is 2.27. The van der Waals surface area contributed by atoms with Crippen molar-refractivity contribution in [1.29, 1.82) is 0 Å². The molecule has 0 spiro atoms. The number of halogens is 3. The summed E-state index contributed by atoms with van der Waals surface area (Å²) in [6.07, 6.45) is 0.424. The van der Waals surface area contributed by atoms with Crippen molar-refractivity contribution in [2.75, 3.05) is 6.61 Å². The van der Waals surface area contributed by atoms with Crippen molar-refractivity contribution < 1.29 is 14.3 Å². The van der Waals surface area contributed by atoms with Crippen molar-refractivity contribution in [3.63, 3.8) is 0 Å². The standard InChI is InChI=1S/C24H29BrCl2N2O3/c1-6-21(23(31)28-24(3,4)5)29(13-17-19(26)8-7-9-20(17)27)22(30)14-32-16-10-11-18(25)15(2)12-16/h7-12,21H,6,13-14H2,1-5H3,(H,28,31)/t21-/m0/s1. The van der Waals surface area contributed by atoms with Crippen LogP contribution in [0.4, 0.5) is 0 Å². The summed E-state index contributed by atoms with van der Waals surface area (Å²) in [6.45, 7) is 9.36. The van der Waals surface area contributed by atoms with E-state index < -0.39 is 11.6 Å². The lowest BCUT2D eigenvalue weighted by Crippen LogP contribution is -2.54. The van der Waals surface area contributed by atoms with Crippen LogP contribution in [0, 0.1) is 6.92 Å². The Morgan fingerprint density at radius 3 is 2.31 bits per heavy atom. The fourth-order valence-electron chi connectivity index (χ4n) is 3.16. The highest BCUT2D eigenvalue weighted by Gasteiger charge is 2.31. The zero-order valence-electron chi connectivity index (χ0n) is 19.0. The van der Waals surface area contributed by atoms with Gasteiger partial charge in [0.15, 0.2) is 6.61 Å². The number of nitrogens with one attached hydrogen (secondary N) is 1. The minimum atomic E-state index is -0.704. The third-order valence-electron chi connectivity index (χ3n) is 4.77. The second kappa shape index (κ2) is 11.4. The molecule has 5 nitrogen and oxygen atoms in total. The molecule has 0 fully saturated rings. The van der Waals surface area contributed by atoms with Gasteiger partial charge in [-0.05, 0) is 70.0 Å². The minimum Gasteiger partial charge on any atom is -0.484 e. The first-order valence-corrected chi connectivity index (χ1v) is 11.9. The van der Waals surface area contributed by atoms with E-state index in [2.05, 4.69) is 21.2 Å². The molecule has 0 aliphatic rings. The minimum absolute atomic E-state index is 0.0934. The summed E-state index contributed by atoms with van der Waals surface area (Å²) < 4.78 is 6.70. The molecule has 2 rings (SSSR count). The van der Waals surface area contributed by atoms with E-state index in [1.807, 2.05) is 46.8 Å². The first kappa shape index (κ1) is 26.5. The van der Waals surface area contributed by atoms with Gasteiger partial charge < -0.3 is 15.0 Å². The third-order valence-corrected chi connectivity index (χ3v) is 6.36. The molecule has 0 aromatic heterocycles. The van der Waals surface area contributed by atoms with Gasteiger partial charge in [0, 0.05) is 32.2 Å². The maximum Gasteiger partial charge on any atom is 0.261 e. The van der Waals surface area contributed by atoms with E-state index in [9.17, 15) is 9.59 Å². The van der Waals surface area contributed by atoms with Crippen LogP contribution >= 0.6 is 39.1 Å². The smallest absolute Gasteiger partial charge is 0.261 e. The Bertz CT molecular complexity index is 956. The first-order valence-electron chi connectivity index (χ1n) is 10.4. The van der Waals surface area contributed by atoms with Gasteiger partial charge >= 0.3 is 0 Å². The fraction of sp³-hybridized carbons (Fsp3) is 0.417. The predicted molar refractivity (Wildman–Crippen MR) is 133 cm³/mol. The van der Waals surface area contributed by atoms with Crippen molar-refractivity contribution in [3.8, 4) is 5.75 Å². The monoisotopic (exact) mass is 542 g/mol. The summed E-state index contributed by atoms with van der Waals surface area (Å²) in [6, 6.07) is 9.94. The Morgan fingerprint density at radius 2 is 1.78 bits per heavy atom. The number of ether oxygens (including phenoxy) is 1. The van der Waals surface area contributed by atoms with Crippen LogP contribution in [0.1, 0.15) is 45.2 Å². The van der Waals surface area contributed by atoms with E-state index >= 15 is 0 Å². The molecule has 0 unspecified atom stereocenters. The average molecular weight is 544 g/mol. The molecule has 2 amide bonds. The Morgan fingerprint density at radius 1 is 1.16 bits per heavy atom. The fourth-order valence-corrected chi connectivity index (χ4v) is 3.92. The zero-order valence-corrected chi connectivity index (χ0v) is 22.1. The highest BCUT2D eigenvalue weighted by atomic mass is 79.9. The molecule has 0 aliphatic carbocycles. The van der Waals surface area contributed by atoms with Gasteiger partial charge in [-0.2, -0.15) is 0 Å². The molecule has 2 aromatic carbocycles. The van der Waals surface area contributed by atoms with E-state index in [0.29, 0.717) is 27.8 Å². The molecule has 8 heteroatoms. The molecule has 0 bridgehead atoms. The van der Waals surface area contributed by atoms with Crippen molar-refractivity contribution in [1.82, 2.24) is 10.2 Å². The number of nitrogens with zero attached hydrogens (tertiary/aromatic N) is 1. The second-order valence-electron chi connectivity index (χ2n) is 8.58. The summed E-state index contributed by atoms with van der Waals surface area (Å²) in [7, 11) is 0. The quantitative estimate of drug-likeness (QED) is 0.433. The Balaban J connectivity index is 2.31. The maximum atomic E-state index is 13.3. The lowest BCUT2D eigenvalue weighted by molar-refractivity contribution is -0.143. The number of carbonyl (C=O) groups excluding carboxylic acids is 2. The van der Waals surface area contributed by atoms with Gasteiger partial charge in [-0.15, -0.1) is 0 Å². The van der Waals surface area contributed by atoms with Crippen LogP contribution in [-0.2, 0) is 16.1 Å². The van der Waals surface area contributed by atoms with E-state index in [0.717, 1.165) is 10.0 Å². The van der Waals surface area contributed by atoms with E-state index in [-0.39, 0.29) is 25.0 Å². The zero-order chi connectivity index (χ0) is 24.1. The van der Waals surface area contributed by atoms with Crippen LogP contribution in [0.15, 0.2) is 40.9 Å².